The van der Waals surface area contributed by atoms with Crippen molar-refractivity contribution in [3.63, 3.8) is 0 Å². The number of rotatable bonds is 7. The number of thiazole rings is 1. The van der Waals surface area contributed by atoms with Crippen molar-refractivity contribution in [3.05, 3.63) is 58.4 Å². The monoisotopic (exact) mass is 459 g/mol. The molecule has 0 atom stereocenters. The Morgan fingerprint density at radius 2 is 1.84 bits per heavy atom. The molecule has 0 N–H and O–H groups in total. The van der Waals surface area contributed by atoms with Crippen LogP contribution < -0.4 is 4.80 Å². The molecule has 0 bridgehead atoms. The van der Waals surface area contributed by atoms with E-state index in [1.807, 2.05) is 18.5 Å². The van der Waals surface area contributed by atoms with Crippen LogP contribution in [-0.2, 0) is 17.1 Å². The van der Waals surface area contributed by atoms with Gasteiger partial charge in [-0.15, -0.1) is 0 Å². The molecule has 31 heavy (non-hydrogen) atoms. The van der Waals surface area contributed by atoms with Gasteiger partial charge in [0.25, 0.3) is 5.91 Å². The number of aryl methyl sites for hydroxylation is 1. The van der Waals surface area contributed by atoms with Crippen LogP contribution in [0.15, 0.2) is 52.4 Å². The third-order valence-corrected chi connectivity index (χ3v) is 8.30. The van der Waals surface area contributed by atoms with Crippen LogP contribution in [-0.4, -0.2) is 36.8 Å². The average molecular weight is 460 g/mol. The second-order valence-electron chi connectivity index (χ2n) is 7.95. The molecule has 1 aromatic heterocycles. The highest BCUT2D eigenvalue weighted by Gasteiger charge is 2.20. The molecule has 0 unspecified atom stereocenters. The fraction of sp³-hybridized carbons (Fsp3) is 0.391. The number of aromatic nitrogens is 1. The Kier molecular flexibility index (Phi) is 7.13. The molecule has 0 radical (unpaired) electrons. The number of fused-ring (bicyclic) bond motifs is 1. The minimum absolute atomic E-state index is 0.177. The molecule has 6 nitrogen and oxygen atoms in total. The Morgan fingerprint density at radius 3 is 2.45 bits per heavy atom. The van der Waals surface area contributed by atoms with Crippen molar-refractivity contribution in [1.82, 2.24) is 8.87 Å². The van der Waals surface area contributed by atoms with Crippen molar-refractivity contribution in [2.75, 3.05) is 13.6 Å². The summed E-state index contributed by atoms with van der Waals surface area (Å²) in [4.78, 5) is 17.8. The zero-order valence-electron chi connectivity index (χ0n) is 18.6. The maximum absolute atomic E-state index is 12.7. The predicted molar refractivity (Wildman–Crippen MR) is 126 cm³/mol. The summed E-state index contributed by atoms with van der Waals surface area (Å²) in [5.41, 5.74) is 2.63. The number of benzene rings is 2. The van der Waals surface area contributed by atoms with Gasteiger partial charge in [-0.3, -0.25) is 4.79 Å². The quantitative estimate of drug-likeness (QED) is 0.521. The summed E-state index contributed by atoms with van der Waals surface area (Å²) in [6, 6.07) is 12.3. The number of nitrogens with zero attached hydrogens (tertiary/aromatic N) is 3. The summed E-state index contributed by atoms with van der Waals surface area (Å²) < 4.78 is 29.6. The molecular weight excluding hydrogens is 430 g/mol. The SMILES string of the molecule is CCCCN(C)S(=O)(=O)c1ccc(C(=O)N=c2sc3cc(C(C)C)ccc3n2C)cc1. The van der Waals surface area contributed by atoms with E-state index in [4.69, 9.17) is 0 Å². The van der Waals surface area contributed by atoms with Crippen molar-refractivity contribution in [3.8, 4) is 0 Å². The van der Waals surface area contributed by atoms with Crippen LogP contribution in [0, 0.1) is 0 Å². The molecule has 0 spiro atoms. The summed E-state index contributed by atoms with van der Waals surface area (Å²) >= 11 is 1.47. The number of hydrogen-bond donors (Lipinski definition) is 0. The number of unbranched alkanes of at least 4 members (excludes halogenated alkanes) is 1. The summed E-state index contributed by atoms with van der Waals surface area (Å²) in [7, 11) is -0.0928. The molecule has 0 saturated carbocycles. The first-order chi connectivity index (χ1) is 14.6. The third kappa shape index (κ3) is 4.97. The molecule has 0 saturated heterocycles. The first kappa shape index (κ1) is 23.4. The molecule has 1 amide bonds. The highest BCUT2D eigenvalue weighted by Crippen LogP contribution is 2.23. The van der Waals surface area contributed by atoms with Crippen LogP contribution >= 0.6 is 11.3 Å². The highest BCUT2D eigenvalue weighted by atomic mass is 32.2. The molecule has 3 aromatic rings. The second-order valence-corrected chi connectivity index (χ2v) is 11.0. The zero-order valence-corrected chi connectivity index (χ0v) is 20.3. The van der Waals surface area contributed by atoms with Crippen LogP contribution in [0.2, 0.25) is 0 Å². The van der Waals surface area contributed by atoms with E-state index >= 15 is 0 Å². The van der Waals surface area contributed by atoms with Crippen molar-refractivity contribution in [2.45, 2.75) is 44.4 Å². The van der Waals surface area contributed by atoms with E-state index in [0.29, 0.717) is 22.8 Å². The van der Waals surface area contributed by atoms with Crippen LogP contribution in [0.25, 0.3) is 10.2 Å². The Labute approximate surface area is 187 Å². The zero-order chi connectivity index (χ0) is 22.8. The highest BCUT2D eigenvalue weighted by molar-refractivity contribution is 7.89. The van der Waals surface area contributed by atoms with E-state index in [-0.39, 0.29) is 4.90 Å². The van der Waals surface area contributed by atoms with E-state index in [1.54, 1.807) is 7.05 Å². The second kappa shape index (κ2) is 9.46. The first-order valence-corrected chi connectivity index (χ1v) is 12.7. The van der Waals surface area contributed by atoms with Gasteiger partial charge in [-0.1, -0.05) is 44.6 Å². The lowest BCUT2D eigenvalue weighted by atomic mass is 10.0. The maximum atomic E-state index is 12.7. The number of sulfonamides is 1. The van der Waals surface area contributed by atoms with Gasteiger partial charge in [-0.2, -0.15) is 4.99 Å². The molecule has 0 aliphatic carbocycles. The van der Waals surface area contributed by atoms with Gasteiger partial charge in [-0.05, 0) is 54.3 Å². The minimum Gasteiger partial charge on any atom is -0.319 e. The van der Waals surface area contributed by atoms with Crippen molar-refractivity contribution in [1.29, 1.82) is 0 Å². The van der Waals surface area contributed by atoms with Gasteiger partial charge in [0, 0.05) is 26.2 Å². The predicted octanol–water partition coefficient (Wildman–Crippen LogP) is 4.52. The molecule has 2 aromatic carbocycles. The Morgan fingerprint density at radius 1 is 1.16 bits per heavy atom. The Balaban J connectivity index is 1.88. The first-order valence-electron chi connectivity index (χ1n) is 10.4. The van der Waals surface area contributed by atoms with E-state index in [2.05, 4.69) is 37.0 Å². The lowest BCUT2D eigenvalue weighted by molar-refractivity contribution is 0.0998. The van der Waals surface area contributed by atoms with E-state index in [1.165, 1.54) is 45.5 Å². The normalized spacial score (nSPS) is 12.9. The van der Waals surface area contributed by atoms with Gasteiger partial charge in [0.05, 0.1) is 15.1 Å². The summed E-state index contributed by atoms with van der Waals surface area (Å²) in [6.07, 6.45) is 1.72. The fourth-order valence-electron chi connectivity index (χ4n) is 3.22. The Bertz CT molecular complexity index is 1250. The summed E-state index contributed by atoms with van der Waals surface area (Å²) in [5.74, 6) is 0.0316. The van der Waals surface area contributed by atoms with Crippen molar-refractivity contribution in [2.24, 2.45) is 12.0 Å². The summed E-state index contributed by atoms with van der Waals surface area (Å²) in [5, 5.41) is 0. The van der Waals surface area contributed by atoms with Gasteiger partial charge >= 0.3 is 0 Å². The number of carbonyl (C=O) groups excluding carboxylic acids is 1. The van der Waals surface area contributed by atoms with E-state index in [0.717, 1.165) is 23.1 Å². The fourth-order valence-corrected chi connectivity index (χ4v) is 5.49. The third-order valence-electron chi connectivity index (χ3n) is 5.33. The topological polar surface area (TPSA) is 71.7 Å². The molecular formula is C23H29N3O3S2. The number of hydrogen-bond acceptors (Lipinski definition) is 4. The summed E-state index contributed by atoms with van der Waals surface area (Å²) in [6.45, 7) is 6.78. The molecule has 1 heterocycles. The molecule has 0 aliphatic heterocycles. The van der Waals surface area contributed by atoms with Crippen LogP contribution in [0.4, 0.5) is 0 Å². The van der Waals surface area contributed by atoms with E-state index in [9.17, 15) is 13.2 Å². The average Bonchev–Trinajstić information content (AvgIpc) is 3.06. The van der Waals surface area contributed by atoms with Gasteiger partial charge in [0.15, 0.2) is 4.80 Å². The standard InChI is InChI=1S/C23H29N3O3S2/c1-6-7-14-25(4)31(28,29)19-11-8-17(9-12-19)22(27)24-23-26(5)20-13-10-18(16(2)3)15-21(20)30-23/h8-13,15-16H,6-7,14H2,1-5H3. The molecule has 3 rings (SSSR count). The lowest BCUT2D eigenvalue weighted by Gasteiger charge is -2.16. The molecule has 0 aliphatic rings. The minimum atomic E-state index is -3.56. The Hall–Kier alpha value is -2.29. The van der Waals surface area contributed by atoms with Crippen LogP contribution in [0.3, 0.4) is 0 Å². The molecule has 8 heteroatoms. The van der Waals surface area contributed by atoms with Gasteiger partial charge in [0.2, 0.25) is 10.0 Å². The number of amides is 1. The van der Waals surface area contributed by atoms with Crippen LogP contribution in [0.5, 0.6) is 0 Å². The van der Waals surface area contributed by atoms with Crippen molar-refractivity contribution >= 4 is 37.5 Å². The van der Waals surface area contributed by atoms with Crippen LogP contribution in [0.1, 0.15) is 55.5 Å². The maximum Gasteiger partial charge on any atom is 0.279 e. The number of carbonyl (C=O) groups is 1. The van der Waals surface area contributed by atoms with E-state index < -0.39 is 15.9 Å². The van der Waals surface area contributed by atoms with Crippen molar-refractivity contribution < 1.29 is 13.2 Å². The van der Waals surface area contributed by atoms with Gasteiger partial charge in [0.1, 0.15) is 0 Å². The smallest absolute Gasteiger partial charge is 0.279 e. The van der Waals surface area contributed by atoms with Gasteiger partial charge < -0.3 is 4.57 Å². The largest absolute Gasteiger partial charge is 0.319 e. The lowest BCUT2D eigenvalue weighted by Crippen LogP contribution is -2.27. The molecule has 166 valence electrons. The molecule has 0 fully saturated rings. The van der Waals surface area contributed by atoms with Gasteiger partial charge in [-0.25, -0.2) is 12.7 Å².